The number of hydrogen-bond acceptors (Lipinski definition) is 3. The van der Waals surface area contributed by atoms with E-state index in [1.807, 2.05) is 53.4 Å². The number of thioether (sulfide) groups is 1. The summed E-state index contributed by atoms with van der Waals surface area (Å²) in [6.07, 6.45) is 2.70. The smallest absolute Gasteiger partial charge is 0.265 e. The third-order valence-electron chi connectivity index (χ3n) is 6.96. The maximum absolute atomic E-state index is 13.7. The zero-order chi connectivity index (χ0) is 27.4. The van der Waals surface area contributed by atoms with Crippen LogP contribution in [0.2, 0.25) is 0 Å². The molecule has 1 aliphatic heterocycles. The van der Waals surface area contributed by atoms with Gasteiger partial charge in [-0.1, -0.05) is 89.6 Å². The Kier molecular flexibility index (Phi) is 7.99. The molecular formula is C34H32N2O2S. The van der Waals surface area contributed by atoms with E-state index >= 15 is 0 Å². The zero-order valence-corrected chi connectivity index (χ0v) is 23.3. The van der Waals surface area contributed by atoms with Crippen molar-refractivity contribution in [3.63, 3.8) is 0 Å². The fourth-order valence-electron chi connectivity index (χ4n) is 4.62. The number of nitrogens with one attached hydrogen (secondary N) is 1. The van der Waals surface area contributed by atoms with Crippen molar-refractivity contribution in [3.8, 4) is 0 Å². The highest BCUT2D eigenvalue weighted by atomic mass is 32.2. The first-order valence-electron chi connectivity index (χ1n) is 13.2. The van der Waals surface area contributed by atoms with Crippen molar-refractivity contribution >= 4 is 35.3 Å². The molecule has 5 heteroatoms. The van der Waals surface area contributed by atoms with Crippen LogP contribution in [0, 0.1) is 20.8 Å². The van der Waals surface area contributed by atoms with Crippen LogP contribution >= 0.6 is 11.8 Å². The van der Waals surface area contributed by atoms with E-state index in [9.17, 15) is 9.59 Å². The summed E-state index contributed by atoms with van der Waals surface area (Å²) in [5, 5.41) is 3.00. The molecule has 4 aromatic rings. The fraction of sp³-hybridized carbons (Fsp3) is 0.176. The molecule has 2 amide bonds. The maximum atomic E-state index is 13.7. The summed E-state index contributed by atoms with van der Waals surface area (Å²) in [7, 11) is 0. The lowest BCUT2D eigenvalue weighted by atomic mass is 10.0. The number of hydrogen-bond donors (Lipinski definition) is 1. The molecule has 0 atom stereocenters. The normalized spacial score (nSPS) is 13.9. The Morgan fingerprint density at radius 1 is 0.872 bits per heavy atom. The summed E-state index contributed by atoms with van der Waals surface area (Å²) in [4.78, 5) is 29.9. The average Bonchev–Trinajstić information content (AvgIpc) is 2.94. The van der Waals surface area contributed by atoms with Crippen molar-refractivity contribution in [2.45, 2.75) is 38.6 Å². The van der Waals surface area contributed by atoms with Crippen LogP contribution in [0.1, 0.15) is 43.7 Å². The van der Waals surface area contributed by atoms with E-state index in [4.69, 9.17) is 0 Å². The van der Waals surface area contributed by atoms with Crippen LogP contribution in [0.3, 0.4) is 0 Å². The van der Waals surface area contributed by atoms with E-state index in [0.29, 0.717) is 23.6 Å². The van der Waals surface area contributed by atoms with E-state index in [0.717, 1.165) is 28.1 Å². The molecule has 196 valence electrons. The van der Waals surface area contributed by atoms with E-state index in [1.165, 1.54) is 34.0 Å². The van der Waals surface area contributed by atoms with Gasteiger partial charge in [0.1, 0.15) is 0 Å². The van der Waals surface area contributed by atoms with Gasteiger partial charge in [-0.3, -0.25) is 9.59 Å². The van der Waals surface area contributed by atoms with Gasteiger partial charge in [0.05, 0.1) is 17.1 Å². The quantitative estimate of drug-likeness (QED) is 0.255. The van der Waals surface area contributed by atoms with Gasteiger partial charge in [-0.05, 0) is 79.8 Å². The van der Waals surface area contributed by atoms with Gasteiger partial charge in [0.25, 0.3) is 11.8 Å². The molecule has 0 bridgehead atoms. The summed E-state index contributed by atoms with van der Waals surface area (Å²) in [5.74, 6) is -0.115. The Labute approximate surface area is 234 Å². The molecule has 5 rings (SSSR count). The van der Waals surface area contributed by atoms with E-state index in [1.54, 1.807) is 0 Å². The van der Waals surface area contributed by atoms with Crippen LogP contribution in [0.4, 0.5) is 5.69 Å². The molecule has 1 heterocycles. The Balaban J connectivity index is 1.30. The number of carbonyl (C=O) groups excluding carboxylic acids is 2. The first-order chi connectivity index (χ1) is 18.9. The molecule has 0 saturated heterocycles. The number of amides is 2. The lowest BCUT2D eigenvalue weighted by Crippen LogP contribution is -2.34. The highest BCUT2D eigenvalue weighted by molar-refractivity contribution is 8.04. The van der Waals surface area contributed by atoms with Crippen LogP contribution in [0.5, 0.6) is 0 Å². The number of aryl methyl sites for hydroxylation is 3. The molecule has 0 spiro atoms. The number of benzene rings is 4. The number of fused-ring (bicyclic) bond motifs is 1. The Hall–Kier alpha value is -4.09. The van der Waals surface area contributed by atoms with Crippen molar-refractivity contribution < 1.29 is 9.59 Å². The van der Waals surface area contributed by atoms with Gasteiger partial charge in [0.2, 0.25) is 0 Å². The highest BCUT2D eigenvalue weighted by Crippen LogP contribution is 2.42. The minimum atomic E-state index is -0.0990. The van der Waals surface area contributed by atoms with Gasteiger partial charge in [0, 0.05) is 17.0 Å². The molecule has 0 aliphatic carbocycles. The van der Waals surface area contributed by atoms with Gasteiger partial charge < -0.3 is 10.2 Å². The number of rotatable bonds is 7. The monoisotopic (exact) mass is 532 g/mol. The third-order valence-corrected chi connectivity index (χ3v) is 8.03. The molecule has 1 aliphatic rings. The van der Waals surface area contributed by atoms with Crippen LogP contribution < -0.4 is 10.2 Å². The second-order valence-corrected chi connectivity index (χ2v) is 11.1. The van der Waals surface area contributed by atoms with Crippen molar-refractivity contribution in [2.75, 3.05) is 11.4 Å². The summed E-state index contributed by atoms with van der Waals surface area (Å²) < 4.78 is 0. The summed E-state index contributed by atoms with van der Waals surface area (Å²) in [6.45, 7) is 7.32. The predicted octanol–water partition coefficient (Wildman–Crippen LogP) is 7.26. The number of anilines is 1. The number of nitrogens with zero attached hydrogens (tertiary/aromatic N) is 1. The molecule has 39 heavy (non-hydrogen) atoms. The van der Waals surface area contributed by atoms with Gasteiger partial charge in [-0.15, -0.1) is 0 Å². The van der Waals surface area contributed by atoms with Gasteiger partial charge in [-0.25, -0.2) is 0 Å². The van der Waals surface area contributed by atoms with E-state index in [2.05, 4.69) is 74.6 Å². The van der Waals surface area contributed by atoms with E-state index in [-0.39, 0.29) is 11.8 Å². The Bertz CT molecular complexity index is 1540. The molecule has 0 aromatic heterocycles. The SMILES string of the molecule is Cc1ccc(CCNC(=O)c2ccc(C=C3Sc4ccccc4N(Cc4cc(C)ccc4C)C3=O)cc2)cc1. The van der Waals surface area contributed by atoms with E-state index < -0.39 is 0 Å². The van der Waals surface area contributed by atoms with Crippen LogP contribution in [-0.2, 0) is 17.8 Å². The van der Waals surface area contributed by atoms with Crippen molar-refractivity contribution in [1.29, 1.82) is 0 Å². The van der Waals surface area contributed by atoms with Gasteiger partial charge >= 0.3 is 0 Å². The molecule has 0 unspecified atom stereocenters. The lowest BCUT2D eigenvalue weighted by molar-refractivity contribution is -0.114. The average molecular weight is 533 g/mol. The fourth-order valence-corrected chi connectivity index (χ4v) is 5.68. The molecule has 4 aromatic carbocycles. The predicted molar refractivity (Wildman–Crippen MR) is 161 cm³/mol. The first kappa shape index (κ1) is 26.5. The second kappa shape index (κ2) is 11.7. The van der Waals surface area contributed by atoms with Crippen LogP contribution in [-0.4, -0.2) is 18.4 Å². The minimum Gasteiger partial charge on any atom is -0.352 e. The number of para-hydroxylation sites is 1. The molecular weight excluding hydrogens is 500 g/mol. The Morgan fingerprint density at radius 3 is 2.36 bits per heavy atom. The van der Waals surface area contributed by atoms with Crippen molar-refractivity contribution in [3.05, 3.63) is 135 Å². The van der Waals surface area contributed by atoms with Gasteiger partial charge in [0.15, 0.2) is 0 Å². The molecule has 0 fully saturated rings. The summed E-state index contributed by atoms with van der Waals surface area (Å²) in [5.41, 5.74) is 8.33. The zero-order valence-electron chi connectivity index (χ0n) is 22.5. The molecule has 0 radical (unpaired) electrons. The van der Waals surface area contributed by atoms with Crippen molar-refractivity contribution in [2.24, 2.45) is 0 Å². The summed E-state index contributed by atoms with van der Waals surface area (Å²) in [6, 6.07) is 30.2. The topological polar surface area (TPSA) is 49.4 Å². The summed E-state index contributed by atoms with van der Waals surface area (Å²) >= 11 is 1.49. The van der Waals surface area contributed by atoms with Gasteiger partial charge in [-0.2, -0.15) is 0 Å². The lowest BCUT2D eigenvalue weighted by Gasteiger charge is -2.31. The molecule has 1 N–H and O–H groups in total. The third kappa shape index (κ3) is 6.32. The molecule has 0 saturated carbocycles. The van der Waals surface area contributed by atoms with Crippen LogP contribution in [0.15, 0.2) is 101 Å². The first-order valence-corrected chi connectivity index (χ1v) is 14.0. The van der Waals surface area contributed by atoms with Crippen LogP contribution in [0.25, 0.3) is 6.08 Å². The molecule has 4 nitrogen and oxygen atoms in total. The Morgan fingerprint density at radius 2 is 1.59 bits per heavy atom. The van der Waals surface area contributed by atoms with Crippen molar-refractivity contribution in [1.82, 2.24) is 5.32 Å². The largest absolute Gasteiger partial charge is 0.352 e. The standard InChI is InChI=1S/C34H32N2O2S/c1-23-9-12-26(13-10-23)18-19-35-33(37)28-16-14-27(15-17-28)21-32-34(38)36(30-6-4-5-7-31(30)39-32)22-29-20-24(2)8-11-25(29)3/h4-17,20-21H,18-19,22H2,1-3H3,(H,35,37). The minimum absolute atomic E-state index is 0.0162. The highest BCUT2D eigenvalue weighted by Gasteiger charge is 2.29. The maximum Gasteiger partial charge on any atom is 0.265 e. The second-order valence-electron chi connectivity index (χ2n) is 10.0. The number of carbonyl (C=O) groups is 2.